The van der Waals surface area contributed by atoms with Gasteiger partial charge in [0.05, 0.1) is 11.0 Å². The van der Waals surface area contributed by atoms with Crippen molar-refractivity contribution in [1.82, 2.24) is 14.8 Å². The molecule has 1 amide bonds. The predicted octanol–water partition coefficient (Wildman–Crippen LogP) is 4.46. The van der Waals surface area contributed by atoms with Gasteiger partial charge in [-0.2, -0.15) is 0 Å². The first-order valence-electron chi connectivity index (χ1n) is 10.5. The van der Waals surface area contributed by atoms with Crippen molar-refractivity contribution in [2.75, 3.05) is 5.32 Å². The molecule has 1 aromatic carbocycles. The molecular weight excluding hydrogens is 416 g/mol. The minimum Gasteiger partial charge on any atom is -0.326 e. The summed E-state index contributed by atoms with van der Waals surface area (Å²) in [6.07, 6.45) is 11.9. The van der Waals surface area contributed by atoms with Gasteiger partial charge in [0.2, 0.25) is 10.6 Å². The van der Waals surface area contributed by atoms with E-state index in [1.807, 2.05) is 6.33 Å². The lowest BCUT2D eigenvalue weighted by Gasteiger charge is -2.60. The SMILES string of the molecule is O=C(Nc1ccc2c(c1)CCC2)C12CC3CC(C1)CC(n1cnc(Br)n1)(C3)C2. The number of aromatic nitrogens is 3. The van der Waals surface area contributed by atoms with E-state index in [1.54, 1.807) is 0 Å². The average molecular weight is 441 g/mol. The summed E-state index contributed by atoms with van der Waals surface area (Å²) in [5.41, 5.74) is 3.52. The highest BCUT2D eigenvalue weighted by Gasteiger charge is 2.61. The largest absolute Gasteiger partial charge is 0.326 e. The minimum absolute atomic E-state index is 0.0433. The smallest absolute Gasteiger partial charge is 0.230 e. The normalized spacial score (nSPS) is 35.2. The number of aryl methyl sites for hydroxylation is 2. The molecule has 6 heteroatoms. The molecule has 1 N–H and O–H groups in total. The molecule has 0 spiro atoms. The zero-order valence-electron chi connectivity index (χ0n) is 16.0. The molecule has 0 radical (unpaired) electrons. The number of amides is 1. The van der Waals surface area contributed by atoms with Crippen molar-refractivity contribution in [3.63, 3.8) is 0 Å². The van der Waals surface area contributed by atoms with Crippen LogP contribution in [0.15, 0.2) is 29.3 Å². The van der Waals surface area contributed by atoms with Crippen molar-refractivity contribution in [2.45, 2.75) is 63.3 Å². The van der Waals surface area contributed by atoms with Crippen LogP contribution in [0.3, 0.4) is 0 Å². The van der Waals surface area contributed by atoms with Crippen LogP contribution in [0, 0.1) is 17.3 Å². The fraction of sp³-hybridized carbons (Fsp3) is 0.591. The van der Waals surface area contributed by atoms with Crippen LogP contribution in [0.25, 0.3) is 0 Å². The number of halogens is 1. The highest BCUT2D eigenvalue weighted by atomic mass is 79.9. The number of rotatable bonds is 3. The Bertz CT molecular complexity index is 953. The summed E-state index contributed by atoms with van der Waals surface area (Å²) in [7, 11) is 0. The quantitative estimate of drug-likeness (QED) is 0.765. The van der Waals surface area contributed by atoms with Gasteiger partial charge in [0.15, 0.2) is 0 Å². The second kappa shape index (κ2) is 5.91. The molecule has 2 aromatic rings. The number of anilines is 1. The second-order valence-corrected chi connectivity index (χ2v) is 10.4. The number of carbonyl (C=O) groups is 1. The van der Waals surface area contributed by atoms with Gasteiger partial charge in [-0.05, 0) is 109 Å². The van der Waals surface area contributed by atoms with E-state index in [1.165, 1.54) is 30.4 Å². The van der Waals surface area contributed by atoms with Crippen LogP contribution in [0.2, 0.25) is 0 Å². The molecule has 2 unspecified atom stereocenters. The summed E-state index contributed by atoms with van der Waals surface area (Å²) in [6.45, 7) is 0. The Morgan fingerprint density at radius 3 is 2.68 bits per heavy atom. The zero-order valence-corrected chi connectivity index (χ0v) is 17.5. The minimum atomic E-state index is -0.262. The van der Waals surface area contributed by atoms with E-state index in [2.05, 4.69) is 54.2 Å². The summed E-state index contributed by atoms with van der Waals surface area (Å²) < 4.78 is 2.70. The molecular formula is C22H25BrN4O. The molecule has 5 nitrogen and oxygen atoms in total. The van der Waals surface area contributed by atoms with Crippen molar-refractivity contribution in [1.29, 1.82) is 0 Å². The second-order valence-electron chi connectivity index (χ2n) is 9.72. The number of hydrogen-bond acceptors (Lipinski definition) is 3. The lowest BCUT2D eigenvalue weighted by molar-refractivity contribution is -0.150. The van der Waals surface area contributed by atoms with Crippen molar-refractivity contribution >= 4 is 27.5 Å². The molecule has 1 heterocycles. The summed E-state index contributed by atoms with van der Waals surface area (Å²) in [6, 6.07) is 6.49. The molecule has 4 bridgehead atoms. The molecule has 28 heavy (non-hydrogen) atoms. The van der Waals surface area contributed by atoms with Gasteiger partial charge in [0, 0.05) is 5.69 Å². The number of nitrogens with one attached hydrogen (secondary N) is 1. The van der Waals surface area contributed by atoms with Crippen LogP contribution in [0.4, 0.5) is 5.69 Å². The van der Waals surface area contributed by atoms with E-state index in [9.17, 15) is 4.79 Å². The Hall–Kier alpha value is -1.69. The van der Waals surface area contributed by atoms with Crippen LogP contribution in [0.1, 0.15) is 56.1 Å². The third-order valence-electron chi connectivity index (χ3n) is 7.82. The maximum atomic E-state index is 13.6. The number of carbonyl (C=O) groups excluding carboxylic acids is 1. The number of benzene rings is 1. The first-order valence-corrected chi connectivity index (χ1v) is 11.3. The van der Waals surface area contributed by atoms with Gasteiger partial charge in [-0.3, -0.25) is 4.79 Å². The molecule has 5 aliphatic rings. The maximum absolute atomic E-state index is 13.6. The van der Waals surface area contributed by atoms with Crippen LogP contribution in [0.5, 0.6) is 0 Å². The molecule has 1 aromatic heterocycles. The maximum Gasteiger partial charge on any atom is 0.230 e. The average Bonchev–Trinajstić information content (AvgIpc) is 3.29. The predicted molar refractivity (Wildman–Crippen MR) is 110 cm³/mol. The highest BCUT2D eigenvalue weighted by Crippen LogP contribution is 2.64. The van der Waals surface area contributed by atoms with E-state index < -0.39 is 0 Å². The molecule has 5 aliphatic carbocycles. The van der Waals surface area contributed by atoms with E-state index >= 15 is 0 Å². The van der Waals surface area contributed by atoms with Gasteiger partial charge in [0.25, 0.3) is 0 Å². The monoisotopic (exact) mass is 440 g/mol. The van der Waals surface area contributed by atoms with Crippen LogP contribution in [-0.4, -0.2) is 20.7 Å². The highest BCUT2D eigenvalue weighted by molar-refractivity contribution is 9.10. The van der Waals surface area contributed by atoms with Crippen LogP contribution in [-0.2, 0) is 23.2 Å². The van der Waals surface area contributed by atoms with Crippen molar-refractivity contribution < 1.29 is 4.79 Å². The number of nitrogens with zero attached hydrogens (tertiary/aromatic N) is 3. The van der Waals surface area contributed by atoms with E-state index in [0.717, 1.165) is 44.2 Å². The molecule has 146 valence electrons. The summed E-state index contributed by atoms with van der Waals surface area (Å²) in [5.74, 6) is 1.47. The van der Waals surface area contributed by atoms with E-state index in [0.29, 0.717) is 16.6 Å². The fourth-order valence-electron chi connectivity index (χ4n) is 7.13. The third-order valence-corrected chi connectivity index (χ3v) is 8.18. The van der Waals surface area contributed by atoms with E-state index in [-0.39, 0.29) is 16.9 Å². The lowest BCUT2D eigenvalue weighted by Crippen LogP contribution is -2.60. The number of fused-ring (bicyclic) bond motifs is 1. The molecule has 4 fully saturated rings. The molecule has 4 saturated carbocycles. The first kappa shape index (κ1) is 17.2. The lowest BCUT2D eigenvalue weighted by atomic mass is 9.46. The Kier molecular flexibility index (Phi) is 3.63. The third kappa shape index (κ3) is 2.53. The van der Waals surface area contributed by atoms with Crippen molar-refractivity contribution in [3.05, 3.63) is 40.4 Å². The van der Waals surface area contributed by atoms with Gasteiger partial charge >= 0.3 is 0 Å². The van der Waals surface area contributed by atoms with Crippen molar-refractivity contribution in [2.24, 2.45) is 17.3 Å². The topological polar surface area (TPSA) is 59.8 Å². The van der Waals surface area contributed by atoms with Gasteiger partial charge in [-0.1, -0.05) is 6.07 Å². The fourth-order valence-corrected chi connectivity index (χ4v) is 7.40. The van der Waals surface area contributed by atoms with Gasteiger partial charge < -0.3 is 5.32 Å². The van der Waals surface area contributed by atoms with Crippen molar-refractivity contribution in [3.8, 4) is 0 Å². The zero-order chi connectivity index (χ0) is 18.9. The molecule has 7 rings (SSSR count). The molecule has 0 saturated heterocycles. The van der Waals surface area contributed by atoms with E-state index in [4.69, 9.17) is 0 Å². The van der Waals surface area contributed by atoms with Gasteiger partial charge in [0.1, 0.15) is 6.33 Å². The Labute approximate surface area is 173 Å². The summed E-state index contributed by atoms with van der Waals surface area (Å²) in [5, 5.41) is 7.91. The molecule has 2 atom stereocenters. The Morgan fingerprint density at radius 2 is 1.93 bits per heavy atom. The summed E-state index contributed by atoms with van der Waals surface area (Å²) >= 11 is 3.40. The Balaban J connectivity index is 1.31. The van der Waals surface area contributed by atoms with Gasteiger partial charge in [-0.25, -0.2) is 9.67 Å². The standard InChI is InChI=1S/C22H25BrN4O/c23-20-24-13-27(26-20)22-10-14-6-15(11-22)9-21(8-14,12-22)19(28)25-18-5-4-16-2-1-3-17(16)7-18/h4-5,7,13-15H,1-3,6,8-12H2,(H,25,28). The van der Waals surface area contributed by atoms with Gasteiger partial charge in [-0.15, -0.1) is 5.10 Å². The summed E-state index contributed by atoms with van der Waals surface area (Å²) in [4.78, 5) is 17.9. The Morgan fingerprint density at radius 1 is 1.14 bits per heavy atom. The molecule has 0 aliphatic heterocycles. The number of hydrogen-bond donors (Lipinski definition) is 1. The van der Waals surface area contributed by atoms with Crippen LogP contribution >= 0.6 is 15.9 Å². The first-order chi connectivity index (χ1) is 13.5. The van der Waals surface area contributed by atoms with Crippen LogP contribution < -0.4 is 5.32 Å².